The van der Waals surface area contributed by atoms with E-state index in [2.05, 4.69) is 42.2 Å². The van der Waals surface area contributed by atoms with Crippen LogP contribution in [0.25, 0.3) is 0 Å². The van der Waals surface area contributed by atoms with Crippen LogP contribution in [-0.4, -0.2) is 11.5 Å². The van der Waals surface area contributed by atoms with Crippen molar-refractivity contribution < 1.29 is 4.39 Å². The molecule has 20 heavy (non-hydrogen) atoms. The number of hydrogen-bond acceptors (Lipinski definition) is 2. The second kappa shape index (κ2) is 7.29. The molecule has 0 spiro atoms. The lowest BCUT2D eigenvalue weighted by atomic mass is 10.0. The van der Waals surface area contributed by atoms with E-state index in [0.29, 0.717) is 6.42 Å². The number of likely N-dealkylation sites (N-methyl/N-ethyl adjacent to an activating group) is 1. The molecule has 1 atom stereocenters. The molecule has 1 N–H and O–H groups in total. The average molecular weight is 402 g/mol. The number of rotatable bonds is 5. The summed E-state index contributed by atoms with van der Waals surface area (Å²) in [5, 5.41) is 3.39. The number of hydrogen-bond donors (Lipinski definition) is 1. The maximum Gasteiger partial charge on any atom is 0.123 e. The number of benzene rings is 1. The van der Waals surface area contributed by atoms with Crippen LogP contribution >= 0.6 is 31.9 Å². The molecule has 2 nitrogen and oxygen atoms in total. The SMILES string of the molecule is CCNC(Cc1cc(F)ccc1Br)c1ccc(Br)cn1. The van der Waals surface area contributed by atoms with Gasteiger partial charge < -0.3 is 5.32 Å². The van der Waals surface area contributed by atoms with E-state index in [1.165, 1.54) is 6.07 Å². The van der Waals surface area contributed by atoms with Crippen molar-refractivity contribution in [2.45, 2.75) is 19.4 Å². The minimum atomic E-state index is -0.220. The molecule has 0 aliphatic rings. The van der Waals surface area contributed by atoms with E-state index in [4.69, 9.17) is 0 Å². The van der Waals surface area contributed by atoms with Gasteiger partial charge in [-0.05, 0) is 64.8 Å². The van der Waals surface area contributed by atoms with Gasteiger partial charge in [0, 0.05) is 15.1 Å². The first-order chi connectivity index (χ1) is 9.60. The number of pyridine rings is 1. The van der Waals surface area contributed by atoms with Crippen molar-refractivity contribution in [1.29, 1.82) is 0 Å². The van der Waals surface area contributed by atoms with E-state index in [1.54, 1.807) is 18.3 Å². The van der Waals surface area contributed by atoms with Gasteiger partial charge >= 0.3 is 0 Å². The summed E-state index contributed by atoms with van der Waals surface area (Å²) in [7, 11) is 0. The van der Waals surface area contributed by atoms with E-state index in [0.717, 1.165) is 26.7 Å². The highest BCUT2D eigenvalue weighted by atomic mass is 79.9. The van der Waals surface area contributed by atoms with Crippen LogP contribution in [0.15, 0.2) is 45.5 Å². The fourth-order valence-electron chi connectivity index (χ4n) is 2.04. The molecular formula is C15H15Br2FN2. The van der Waals surface area contributed by atoms with Crippen molar-refractivity contribution >= 4 is 31.9 Å². The highest BCUT2D eigenvalue weighted by Gasteiger charge is 2.14. The Morgan fingerprint density at radius 3 is 2.70 bits per heavy atom. The number of aromatic nitrogens is 1. The highest BCUT2D eigenvalue weighted by Crippen LogP contribution is 2.24. The zero-order valence-corrected chi connectivity index (χ0v) is 14.2. The maximum atomic E-state index is 13.4. The number of nitrogens with zero attached hydrogens (tertiary/aromatic N) is 1. The van der Waals surface area contributed by atoms with Crippen molar-refractivity contribution in [2.24, 2.45) is 0 Å². The van der Waals surface area contributed by atoms with Crippen molar-refractivity contribution in [2.75, 3.05) is 6.54 Å². The highest BCUT2D eigenvalue weighted by molar-refractivity contribution is 9.10. The van der Waals surface area contributed by atoms with Crippen LogP contribution in [0.5, 0.6) is 0 Å². The summed E-state index contributed by atoms with van der Waals surface area (Å²) in [6, 6.07) is 8.76. The van der Waals surface area contributed by atoms with Gasteiger partial charge in [-0.1, -0.05) is 22.9 Å². The van der Waals surface area contributed by atoms with E-state index < -0.39 is 0 Å². The van der Waals surface area contributed by atoms with Gasteiger partial charge in [0.1, 0.15) is 5.82 Å². The van der Waals surface area contributed by atoms with Crippen LogP contribution < -0.4 is 5.32 Å². The molecule has 0 bridgehead atoms. The summed E-state index contributed by atoms with van der Waals surface area (Å²) in [4.78, 5) is 4.43. The lowest BCUT2D eigenvalue weighted by Crippen LogP contribution is -2.24. The summed E-state index contributed by atoms with van der Waals surface area (Å²) in [5.74, 6) is -0.220. The molecule has 0 saturated carbocycles. The molecular weight excluding hydrogens is 387 g/mol. The summed E-state index contributed by atoms with van der Waals surface area (Å²) < 4.78 is 15.2. The van der Waals surface area contributed by atoms with Crippen LogP contribution in [0.3, 0.4) is 0 Å². The van der Waals surface area contributed by atoms with Gasteiger partial charge in [-0.3, -0.25) is 4.98 Å². The minimum absolute atomic E-state index is 0.0613. The van der Waals surface area contributed by atoms with Crippen LogP contribution in [0.1, 0.15) is 24.2 Å². The van der Waals surface area contributed by atoms with Crippen LogP contribution in [0, 0.1) is 5.82 Å². The molecule has 1 heterocycles. The Hall–Kier alpha value is -0.780. The molecule has 0 radical (unpaired) electrons. The maximum absolute atomic E-state index is 13.4. The topological polar surface area (TPSA) is 24.9 Å². The molecule has 2 aromatic rings. The molecule has 1 aromatic carbocycles. The summed E-state index contributed by atoms with van der Waals surface area (Å²) in [6.45, 7) is 2.88. The third-order valence-corrected chi connectivity index (χ3v) is 4.23. The molecule has 0 amide bonds. The normalized spacial score (nSPS) is 12.4. The van der Waals surface area contributed by atoms with E-state index >= 15 is 0 Å². The fraction of sp³-hybridized carbons (Fsp3) is 0.267. The van der Waals surface area contributed by atoms with Gasteiger partial charge in [-0.25, -0.2) is 4.39 Å². The standard InChI is InChI=1S/C15H15Br2FN2/c1-2-19-15(14-6-3-11(16)9-20-14)8-10-7-12(18)4-5-13(10)17/h3-7,9,15,19H,2,8H2,1H3. The summed E-state index contributed by atoms with van der Waals surface area (Å²) in [5.41, 5.74) is 1.88. The Balaban J connectivity index is 2.25. The van der Waals surface area contributed by atoms with Gasteiger partial charge in [0.05, 0.1) is 11.7 Å². The second-order valence-electron chi connectivity index (χ2n) is 4.45. The third-order valence-electron chi connectivity index (χ3n) is 2.99. The Kier molecular flexibility index (Phi) is 5.69. The molecule has 0 fully saturated rings. The van der Waals surface area contributed by atoms with E-state index in [9.17, 15) is 4.39 Å². The predicted octanol–water partition coefficient (Wildman–Crippen LogP) is 4.64. The molecule has 0 aliphatic heterocycles. The zero-order chi connectivity index (χ0) is 14.5. The van der Waals surface area contributed by atoms with Gasteiger partial charge in [0.15, 0.2) is 0 Å². The smallest absolute Gasteiger partial charge is 0.123 e. The van der Waals surface area contributed by atoms with E-state index in [-0.39, 0.29) is 11.9 Å². The van der Waals surface area contributed by atoms with Crippen LogP contribution in [0.4, 0.5) is 4.39 Å². The number of halogens is 3. The second-order valence-corrected chi connectivity index (χ2v) is 6.22. The minimum Gasteiger partial charge on any atom is -0.309 e. The largest absolute Gasteiger partial charge is 0.309 e. The molecule has 1 unspecified atom stereocenters. The van der Waals surface area contributed by atoms with Crippen LogP contribution in [0.2, 0.25) is 0 Å². The quantitative estimate of drug-likeness (QED) is 0.789. The molecule has 106 valence electrons. The first kappa shape index (κ1) is 15.6. The molecule has 0 aliphatic carbocycles. The monoisotopic (exact) mass is 400 g/mol. The molecule has 1 aromatic heterocycles. The van der Waals surface area contributed by atoms with Crippen molar-refractivity contribution in [3.63, 3.8) is 0 Å². The third kappa shape index (κ3) is 4.11. The Bertz CT molecular complexity index is 573. The lowest BCUT2D eigenvalue weighted by Gasteiger charge is -2.18. The first-order valence-electron chi connectivity index (χ1n) is 6.39. The van der Waals surface area contributed by atoms with Crippen LogP contribution in [-0.2, 0) is 6.42 Å². The van der Waals surface area contributed by atoms with Gasteiger partial charge in [-0.15, -0.1) is 0 Å². The Morgan fingerprint density at radius 1 is 1.25 bits per heavy atom. The predicted molar refractivity (Wildman–Crippen MR) is 86.2 cm³/mol. The van der Waals surface area contributed by atoms with Crippen molar-refractivity contribution in [1.82, 2.24) is 10.3 Å². The molecule has 2 rings (SSSR count). The average Bonchev–Trinajstić information content (AvgIpc) is 2.43. The Morgan fingerprint density at radius 2 is 2.05 bits per heavy atom. The molecule has 0 saturated heterocycles. The van der Waals surface area contributed by atoms with Gasteiger partial charge in [-0.2, -0.15) is 0 Å². The lowest BCUT2D eigenvalue weighted by molar-refractivity contribution is 0.533. The Labute approximate surface area is 135 Å². The van der Waals surface area contributed by atoms with Crippen molar-refractivity contribution in [3.05, 3.63) is 62.5 Å². The summed E-state index contributed by atoms with van der Waals surface area (Å²) >= 11 is 6.85. The van der Waals surface area contributed by atoms with Gasteiger partial charge in [0.2, 0.25) is 0 Å². The molecule has 5 heteroatoms. The summed E-state index contributed by atoms with van der Waals surface area (Å²) in [6.07, 6.45) is 2.46. The number of nitrogens with one attached hydrogen (secondary N) is 1. The fourth-order valence-corrected chi connectivity index (χ4v) is 2.68. The zero-order valence-electron chi connectivity index (χ0n) is 11.0. The first-order valence-corrected chi connectivity index (χ1v) is 7.97. The van der Waals surface area contributed by atoms with E-state index in [1.807, 2.05) is 19.1 Å². The van der Waals surface area contributed by atoms with Crippen molar-refractivity contribution in [3.8, 4) is 0 Å². The van der Waals surface area contributed by atoms with Gasteiger partial charge in [0.25, 0.3) is 0 Å².